The highest BCUT2D eigenvalue weighted by Crippen LogP contribution is 2.30. The van der Waals surface area contributed by atoms with Crippen LogP contribution >= 0.6 is 11.6 Å². The highest BCUT2D eigenvalue weighted by atomic mass is 35.5. The smallest absolute Gasteiger partial charge is 0.270 e. The molecule has 2 aromatic carbocycles. The van der Waals surface area contributed by atoms with Crippen LogP contribution in [0, 0.1) is 12.8 Å². The molecule has 1 heterocycles. The van der Waals surface area contributed by atoms with Gasteiger partial charge in [-0.2, -0.15) is 5.10 Å². The molecule has 7 heteroatoms. The molecule has 184 valence electrons. The molecule has 3 N–H and O–H groups in total. The molecule has 2 amide bonds. The minimum Gasteiger partial charge on any atom is -0.344 e. The second kappa shape index (κ2) is 12.0. The molecule has 1 fully saturated rings. The number of H-pyrrole nitrogens is 1. The van der Waals surface area contributed by atoms with Crippen LogP contribution in [-0.4, -0.2) is 22.0 Å². The number of carbonyl (C=O) groups is 2. The van der Waals surface area contributed by atoms with Gasteiger partial charge in [-0.05, 0) is 43.4 Å². The molecule has 0 saturated heterocycles. The molecule has 3 aromatic rings. The Kier molecular flexibility index (Phi) is 8.59. The first kappa shape index (κ1) is 25.0. The lowest BCUT2D eigenvalue weighted by Gasteiger charge is -2.22. The van der Waals surface area contributed by atoms with E-state index in [0.717, 1.165) is 24.3 Å². The van der Waals surface area contributed by atoms with E-state index in [-0.39, 0.29) is 17.9 Å². The topological polar surface area (TPSA) is 86.9 Å². The molecule has 35 heavy (non-hydrogen) atoms. The number of nitrogens with zero attached hydrogens (tertiary/aromatic N) is 1. The van der Waals surface area contributed by atoms with Gasteiger partial charge in [-0.3, -0.25) is 14.7 Å². The van der Waals surface area contributed by atoms with Crippen molar-refractivity contribution in [1.82, 2.24) is 15.5 Å². The van der Waals surface area contributed by atoms with Crippen LogP contribution in [0.3, 0.4) is 0 Å². The van der Waals surface area contributed by atoms with Crippen LogP contribution in [0.1, 0.15) is 89.4 Å². The molecule has 1 saturated carbocycles. The van der Waals surface area contributed by atoms with E-state index in [1.54, 1.807) is 31.2 Å². The third kappa shape index (κ3) is 6.51. The van der Waals surface area contributed by atoms with Gasteiger partial charge in [-0.1, -0.05) is 92.6 Å². The number of carbonyl (C=O) groups excluding carboxylic acids is 2. The Morgan fingerprint density at radius 2 is 1.69 bits per heavy atom. The summed E-state index contributed by atoms with van der Waals surface area (Å²) in [6, 6.07) is 16.8. The number of aromatic nitrogens is 2. The predicted octanol–water partition coefficient (Wildman–Crippen LogP) is 6.85. The summed E-state index contributed by atoms with van der Waals surface area (Å²) in [6.45, 7) is 1.77. The van der Waals surface area contributed by atoms with Crippen molar-refractivity contribution in [3.05, 3.63) is 82.0 Å². The van der Waals surface area contributed by atoms with Crippen LogP contribution < -0.4 is 10.6 Å². The first-order chi connectivity index (χ1) is 17.0. The number of amides is 2. The highest BCUT2D eigenvalue weighted by Gasteiger charge is 2.23. The van der Waals surface area contributed by atoms with E-state index in [1.165, 1.54) is 38.5 Å². The zero-order chi connectivity index (χ0) is 24.6. The van der Waals surface area contributed by atoms with E-state index >= 15 is 0 Å². The lowest BCUT2D eigenvalue weighted by atomic mass is 9.91. The Balaban J connectivity index is 1.45. The SMILES string of the molecule is Cc1c(NC(=O)c2ccccc2Cl)n[nH]c1C(=O)N[C@H](CCC1CCCCCC1)c1ccccc1. The van der Waals surface area contributed by atoms with Gasteiger partial charge in [0.25, 0.3) is 11.8 Å². The molecule has 1 aliphatic carbocycles. The molecule has 0 radical (unpaired) electrons. The fourth-order valence-electron chi connectivity index (χ4n) is 4.85. The van der Waals surface area contributed by atoms with Gasteiger partial charge in [0.1, 0.15) is 5.69 Å². The van der Waals surface area contributed by atoms with E-state index < -0.39 is 0 Å². The van der Waals surface area contributed by atoms with Crippen molar-refractivity contribution in [2.45, 2.75) is 64.3 Å². The normalized spacial score (nSPS) is 15.3. The van der Waals surface area contributed by atoms with Crippen molar-refractivity contribution in [3.63, 3.8) is 0 Å². The van der Waals surface area contributed by atoms with Crippen LogP contribution in [0.2, 0.25) is 5.02 Å². The van der Waals surface area contributed by atoms with E-state index in [1.807, 2.05) is 18.2 Å². The number of hydrogen-bond acceptors (Lipinski definition) is 3. The van der Waals surface area contributed by atoms with Crippen LogP contribution in [-0.2, 0) is 0 Å². The fourth-order valence-corrected chi connectivity index (χ4v) is 5.08. The molecule has 0 aliphatic heterocycles. The van der Waals surface area contributed by atoms with Crippen molar-refractivity contribution in [2.24, 2.45) is 5.92 Å². The van der Waals surface area contributed by atoms with Crippen molar-refractivity contribution < 1.29 is 9.59 Å². The quantitative estimate of drug-likeness (QED) is 0.300. The number of anilines is 1. The van der Waals surface area contributed by atoms with Crippen LogP contribution in [0.4, 0.5) is 5.82 Å². The molecule has 4 rings (SSSR count). The average molecular weight is 493 g/mol. The minimum atomic E-state index is -0.372. The first-order valence-electron chi connectivity index (χ1n) is 12.5. The van der Waals surface area contributed by atoms with Crippen LogP contribution in [0.15, 0.2) is 54.6 Å². The Labute approximate surface area is 211 Å². The number of aromatic amines is 1. The summed E-state index contributed by atoms with van der Waals surface area (Å²) in [7, 11) is 0. The summed E-state index contributed by atoms with van der Waals surface area (Å²) in [5.41, 5.74) is 2.37. The number of benzene rings is 2. The molecule has 1 atom stereocenters. The van der Waals surface area contributed by atoms with Gasteiger partial charge >= 0.3 is 0 Å². The Morgan fingerprint density at radius 1 is 1.00 bits per heavy atom. The predicted molar refractivity (Wildman–Crippen MR) is 140 cm³/mol. The number of rotatable bonds is 8. The van der Waals surface area contributed by atoms with Crippen LogP contribution in [0.5, 0.6) is 0 Å². The third-order valence-corrected chi connectivity index (χ3v) is 7.26. The summed E-state index contributed by atoms with van der Waals surface area (Å²) in [6.07, 6.45) is 9.84. The van der Waals surface area contributed by atoms with Gasteiger partial charge < -0.3 is 10.6 Å². The number of nitrogens with one attached hydrogen (secondary N) is 3. The summed E-state index contributed by atoms with van der Waals surface area (Å²) in [5.74, 6) is 0.432. The first-order valence-corrected chi connectivity index (χ1v) is 12.9. The van der Waals surface area contributed by atoms with E-state index in [2.05, 4.69) is 33.0 Å². The van der Waals surface area contributed by atoms with E-state index in [9.17, 15) is 9.59 Å². The number of halogens is 1. The summed E-state index contributed by atoms with van der Waals surface area (Å²) < 4.78 is 0. The molecule has 0 spiro atoms. The molecular weight excluding hydrogens is 460 g/mol. The monoisotopic (exact) mass is 492 g/mol. The van der Waals surface area contributed by atoms with Crippen molar-refractivity contribution in [2.75, 3.05) is 5.32 Å². The molecule has 0 unspecified atom stereocenters. The van der Waals surface area contributed by atoms with Gasteiger partial charge in [0.2, 0.25) is 0 Å². The highest BCUT2D eigenvalue weighted by molar-refractivity contribution is 6.34. The maximum Gasteiger partial charge on any atom is 0.270 e. The molecule has 0 bridgehead atoms. The summed E-state index contributed by atoms with van der Waals surface area (Å²) in [5, 5.41) is 13.3. The molecule has 6 nitrogen and oxygen atoms in total. The summed E-state index contributed by atoms with van der Waals surface area (Å²) in [4.78, 5) is 25.9. The third-order valence-electron chi connectivity index (χ3n) is 6.93. The molecule has 1 aromatic heterocycles. The zero-order valence-corrected chi connectivity index (χ0v) is 20.9. The van der Waals surface area contributed by atoms with Gasteiger partial charge in [0.05, 0.1) is 16.6 Å². The second-order valence-electron chi connectivity index (χ2n) is 9.38. The van der Waals surface area contributed by atoms with Crippen LogP contribution in [0.25, 0.3) is 0 Å². The standard InChI is InChI=1S/C28H33ClN4O2/c1-19-25(32-33-26(19)31-27(34)22-15-9-10-16-23(22)29)28(35)30-24(21-13-7-4-8-14-21)18-17-20-11-5-2-3-6-12-20/h4,7-10,13-16,20,24H,2-3,5-6,11-12,17-18H2,1H3,(H,30,35)(H2,31,32,33,34)/t24-/m1/s1. The minimum absolute atomic E-state index is 0.0872. The van der Waals surface area contributed by atoms with Crippen molar-refractivity contribution in [3.8, 4) is 0 Å². The Hall–Kier alpha value is -3.12. The Morgan fingerprint density at radius 3 is 2.40 bits per heavy atom. The second-order valence-corrected chi connectivity index (χ2v) is 9.79. The maximum absolute atomic E-state index is 13.3. The Bertz CT molecular complexity index is 1140. The van der Waals surface area contributed by atoms with Crippen molar-refractivity contribution in [1.29, 1.82) is 0 Å². The van der Waals surface area contributed by atoms with E-state index in [4.69, 9.17) is 11.6 Å². The summed E-state index contributed by atoms with van der Waals surface area (Å²) >= 11 is 6.14. The zero-order valence-electron chi connectivity index (χ0n) is 20.1. The van der Waals surface area contributed by atoms with Gasteiger partial charge in [-0.15, -0.1) is 0 Å². The maximum atomic E-state index is 13.3. The number of hydrogen-bond donors (Lipinski definition) is 3. The lowest BCUT2D eigenvalue weighted by molar-refractivity contribution is 0.0926. The average Bonchev–Trinajstić information content (AvgIpc) is 3.06. The molecular formula is C28H33ClN4O2. The van der Waals surface area contributed by atoms with Gasteiger partial charge in [0, 0.05) is 5.56 Å². The fraction of sp³-hybridized carbons (Fsp3) is 0.393. The lowest BCUT2D eigenvalue weighted by Crippen LogP contribution is -2.29. The van der Waals surface area contributed by atoms with E-state index in [0.29, 0.717) is 27.7 Å². The van der Waals surface area contributed by atoms with Crippen molar-refractivity contribution >= 4 is 29.2 Å². The molecule has 1 aliphatic rings. The van der Waals surface area contributed by atoms with Gasteiger partial charge in [0.15, 0.2) is 5.82 Å². The van der Waals surface area contributed by atoms with Gasteiger partial charge in [-0.25, -0.2) is 0 Å². The largest absolute Gasteiger partial charge is 0.344 e.